The molecule has 1 aromatic rings. The number of rotatable bonds is 1. The van der Waals surface area contributed by atoms with Crippen LogP contribution in [0.2, 0.25) is 0 Å². The van der Waals surface area contributed by atoms with Crippen LogP contribution in [0.3, 0.4) is 0 Å². The van der Waals surface area contributed by atoms with Gasteiger partial charge in [-0.3, -0.25) is 5.32 Å². The van der Waals surface area contributed by atoms with Crippen molar-refractivity contribution in [1.29, 1.82) is 0 Å². The predicted octanol–water partition coefficient (Wildman–Crippen LogP) is 0.461. The number of fused-ring (bicyclic) bond motifs is 1. The standard InChI is InChI=1S/C13H19N3O2/c1-9-2-3-10(13-12(9)17-6-7-18-13)16-5-4-15-11(14)8-16/h2-3,11,15H,4-8,14H2,1H3. The number of aryl methyl sites for hydroxylation is 1. The van der Waals surface area contributed by atoms with Gasteiger partial charge in [0.1, 0.15) is 13.2 Å². The van der Waals surface area contributed by atoms with Crippen LogP contribution in [-0.4, -0.2) is 39.0 Å². The third-order valence-corrected chi connectivity index (χ3v) is 3.41. The SMILES string of the molecule is Cc1ccc(N2CCNC(N)C2)c2c1OCCO2. The second kappa shape index (κ2) is 4.66. The summed E-state index contributed by atoms with van der Waals surface area (Å²) in [5.74, 6) is 1.75. The Bertz CT molecular complexity index is 450. The Hall–Kier alpha value is -1.46. The van der Waals surface area contributed by atoms with Crippen LogP contribution >= 0.6 is 0 Å². The molecular formula is C13H19N3O2. The van der Waals surface area contributed by atoms with Crippen molar-refractivity contribution in [3.63, 3.8) is 0 Å². The maximum Gasteiger partial charge on any atom is 0.184 e. The Kier molecular flexibility index (Phi) is 3.01. The summed E-state index contributed by atoms with van der Waals surface area (Å²) in [5, 5.41) is 3.24. The lowest BCUT2D eigenvalue weighted by Gasteiger charge is -2.35. The number of ether oxygens (including phenoxy) is 2. The van der Waals surface area contributed by atoms with Gasteiger partial charge in [0.15, 0.2) is 11.5 Å². The van der Waals surface area contributed by atoms with Crippen LogP contribution in [0.25, 0.3) is 0 Å². The molecule has 3 rings (SSSR count). The van der Waals surface area contributed by atoms with Gasteiger partial charge >= 0.3 is 0 Å². The quantitative estimate of drug-likeness (QED) is 0.757. The average Bonchev–Trinajstić information content (AvgIpc) is 2.39. The van der Waals surface area contributed by atoms with Crippen LogP contribution in [0.15, 0.2) is 12.1 Å². The van der Waals surface area contributed by atoms with E-state index >= 15 is 0 Å². The van der Waals surface area contributed by atoms with Gasteiger partial charge in [0.25, 0.3) is 0 Å². The Morgan fingerprint density at radius 3 is 2.83 bits per heavy atom. The van der Waals surface area contributed by atoms with Crippen molar-refractivity contribution < 1.29 is 9.47 Å². The number of anilines is 1. The highest BCUT2D eigenvalue weighted by atomic mass is 16.6. The molecule has 1 aromatic carbocycles. The first-order valence-electron chi connectivity index (χ1n) is 6.39. The minimum Gasteiger partial charge on any atom is -0.486 e. The fourth-order valence-corrected chi connectivity index (χ4v) is 2.50. The third kappa shape index (κ3) is 2.00. The topological polar surface area (TPSA) is 59.8 Å². The van der Waals surface area contributed by atoms with Crippen molar-refractivity contribution in [1.82, 2.24) is 5.32 Å². The van der Waals surface area contributed by atoms with Gasteiger partial charge in [-0.15, -0.1) is 0 Å². The van der Waals surface area contributed by atoms with Crippen molar-refractivity contribution in [2.45, 2.75) is 13.1 Å². The van der Waals surface area contributed by atoms with Crippen LogP contribution in [-0.2, 0) is 0 Å². The van der Waals surface area contributed by atoms with Gasteiger partial charge in [-0.1, -0.05) is 6.07 Å². The number of benzene rings is 1. The molecule has 5 nitrogen and oxygen atoms in total. The Balaban J connectivity index is 1.96. The molecule has 0 saturated carbocycles. The van der Waals surface area contributed by atoms with Gasteiger partial charge in [0.05, 0.1) is 11.9 Å². The highest BCUT2D eigenvalue weighted by Gasteiger charge is 2.24. The van der Waals surface area contributed by atoms with Crippen LogP contribution in [0.5, 0.6) is 11.5 Å². The zero-order valence-corrected chi connectivity index (χ0v) is 10.6. The molecule has 3 N–H and O–H groups in total. The summed E-state index contributed by atoms with van der Waals surface area (Å²) in [6.07, 6.45) is 0.0141. The maximum absolute atomic E-state index is 5.94. The molecule has 0 spiro atoms. The molecule has 2 aliphatic heterocycles. The van der Waals surface area contributed by atoms with Crippen LogP contribution in [0, 0.1) is 6.92 Å². The van der Waals surface area contributed by atoms with Crippen molar-refractivity contribution in [3.8, 4) is 11.5 Å². The minimum atomic E-state index is 0.0141. The molecule has 18 heavy (non-hydrogen) atoms. The van der Waals surface area contributed by atoms with Crippen molar-refractivity contribution in [3.05, 3.63) is 17.7 Å². The van der Waals surface area contributed by atoms with E-state index in [9.17, 15) is 0 Å². The smallest absolute Gasteiger partial charge is 0.184 e. The van der Waals surface area contributed by atoms with Crippen LogP contribution in [0.1, 0.15) is 5.56 Å². The number of hydrogen-bond acceptors (Lipinski definition) is 5. The summed E-state index contributed by atoms with van der Waals surface area (Å²) in [7, 11) is 0. The number of nitrogens with two attached hydrogens (primary N) is 1. The van der Waals surface area contributed by atoms with Crippen molar-refractivity contribution in [2.75, 3.05) is 37.7 Å². The van der Waals surface area contributed by atoms with Gasteiger partial charge in [-0.25, -0.2) is 0 Å². The molecule has 0 bridgehead atoms. The maximum atomic E-state index is 5.94. The Morgan fingerprint density at radius 1 is 1.28 bits per heavy atom. The first-order chi connectivity index (χ1) is 8.75. The van der Waals surface area contributed by atoms with Gasteiger partial charge in [-0.2, -0.15) is 0 Å². The molecule has 0 aromatic heterocycles. The highest BCUT2D eigenvalue weighted by molar-refractivity contribution is 5.67. The lowest BCUT2D eigenvalue weighted by molar-refractivity contribution is 0.170. The second-order valence-electron chi connectivity index (χ2n) is 4.76. The Morgan fingerprint density at radius 2 is 2.06 bits per heavy atom. The van der Waals surface area contributed by atoms with E-state index in [1.54, 1.807) is 0 Å². The summed E-state index contributed by atoms with van der Waals surface area (Å²) < 4.78 is 11.5. The fourth-order valence-electron chi connectivity index (χ4n) is 2.50. The van der Waals surface area contributed by atoms with E-state index in [-0.39, 0.29) is 6.17 Å². The molecule has 1 atom stereocenters. The predicted molar refractivity (Wildman–Crippen MR) is 70.4 cm³/mol. The number of nitrogens with zero attached hydrogens (tertiary/aromatic N) is 1. The van der Waals surface area contributed by atoms with Gasteiger partial charge in [0.2, 0.25) is 0 Å². The molecule has 2 aliphatic rings. The first kappa shape index (κ1) is 11.6. The molecule has 0 radical (unpaired) electrons. The summed E-state index contributed by atoms with van der Waals surface area (Å²) >= 11 is 0. The molecule has 1 saturated heterocycles. The first-order valence-corrected chi connectivity index (χ1v) is 6.39. The zero-order valence-electron chi connectivity index (χ0n) is 10.6. The second-order valence-corrected chi connectivity index (χ2v) is 4.76. The molecule has 98 valence electrons. The Labute approximate surface area is 107 Å². The number of hydrogen-bond donors (Lipinski definition) is 2. The van der Waals surface area contributed by atoms with Crippen molar-refractivity contribution in [2.24, 2.45) is 5.73 Å². The van der Waals surface area contributed by atoms with E-state index in [1.807, 2.05) is 6.92 Å². The molecule has 1 fully saturated rings. The minimum absolute atomic E-state index is 0.0141. The van der Waals surface area contributed by atoms with E-state index in [0.29, 0.717) is 13.2 Å². The highest BCUT2D eigenvalue weighted by Crippen LogP contribution is 2.42. The lowest BCUT2D eigenvalue weighted by atomic mass is 10.1. The molecular weight excluding hydrogens is 230 g/mol. The molecule has 0 aliphatic carbocycles. The zero-order chi connectivity index (χ0) is 12.5. The van der Waals surface area contributed by atoms with E-state index < -0.39 is 0 Å². The molecule has 2 heterocycles. The molecule has 1 unspecified atom stereocenters. The lowest BCUT2D eigenvalue weighted by Crippen LogP contribution is -2.55. The summed E-state index contributed by atoms with van der Waals surface area (Å²) in [5.41, 5.74) is 8.15. The van der Waals surface area contributed by atoms with E-state index in [2.05, 4.69) is 22.3 Å². The normalized spacial score (nSPS) is 23.0. The summed E-state index contributed by atoms with van der Waals surface area (Å²) in [6.45, 7) is 5.90. The van der Waals surface area contributed by atoms with Crippen molar-refractivity contribution >= 4 is 5.69 Å². The van der Waals surface area contributed by atoms with Crippen LogP contribution < -0.4 is 25.4 Å². The third-order valence-electron chi connectivity index (χ3n) is 3.41. The summed E-state index contributed by atoms with van der Waals surface area (Å²) in [4.78, 5) is 2.26. The number of nitrogens with one attached hydrogen (secondary N) is 1. The summed E-state index contributed by atoms with van der Waals surface area (Å²) in [6, 6.07) is 4.18. The fraction of sp³-hybridized carbons (Fsp3) is 0.538. The van der Waals surface area contributed by atoms with Gasteiger partial charge in [-0.05, 0) is 18.6 Å². The number of piperazine rings is 1. The average molecular weight is 249 g/mol. The van der Waals surface area contributed by atoms with E-state index in [4.69, 9.17) is 15.2 Å². The van der Waals surface area contributed by atoms with Crippen LogP contribution in [0.4, 0.5) is 5.69 Å². The van der Waals surface area contributed by atoms with Gasteiger partial charge in [0, 0.05) is 19.6 Å². The van der Waals surface area contributed by atoms with E-state index in [1.165, 1.54) is 0 Å². The molecule has 5 heteroatoms. The van der Waals surface area contributed by atoms with E-state index in [0.717, 1.165) is 42.4 Å². The largest absolute Gasteiger partial charge is 0.486 e. The molecule has 0 amide bonds. The van der Waals surface area contributed by atoms with Gasteiger partial charge < -0.3 is 20.1 Å². The monoisotopic (exact) mass is 249 g/mol.